The van der Waals surface area contributed by atoms with E-state index in [1.165, 1.54) is 35.2 Å². The summed E-state index contributed by atoms with van der Waals surface area (Å²) in [5, 5.41) is 11.6. The SMILES string of the molecule is C=C[C@@H](OP(=O)(N1CC1)N1CC1)c1ccc([N+](=O)[O-])c(Oc2cccc(C(=O)N(C)C)c2)c1. The summed E-state index contributed by atoms with van der Waals surface area (Å²) in [6, 6.07) is 10.8. The summed E-state index contributed by atoms with van der Waals surface area (Å²) in [6.07, 6.45) is 0.767. The smallest absolute Gasteiger partial charge is 0.347 e. The third-order valence-electron chi connectivity index (χ3n) is 5.25. The molecule has 2 saturated heterocycles. The second kappa shape index (κ2) is 9.07. The average molecular weight is 472 g/mol. The zero-order valence-electron chi connectivity index (χ0n) is 18.4. The monoisotopic (exact) mass is 472 g/mol. The molecule has 4 rings (SSSR count). The van der Waals surface area contributed by atoms with Crippen molar-refractivity contribution in [3.8, 4) is 11.5 Å². The summed E-state index contributed by atoms with van der Waals surface area (Å²) in [5.41, 5.74) is 0.669. The van der Waals surface area contributed by atoms with Gasteiger partial charge < -0.3 is 9.64 Å². The molecule has 174 valence electrons. The van der Waals surface area contributed by atoms with Crippen LogP contribution in [0.5, 0.6) is 11.5 Å². The van der Waals surface area contributed by atoms with Crippen molar-refractivity contribution < 1.29 is 23.5 Å². The summed E-state index contributed by atoms with van der Waals surface area (Å²) >= 11 is 0. The van der Waals surface area contributed by atoms with Crippen LogP contribution in [0.15, 0.2) is 55.1 Å². The summed E-state index contributed by atoms with van der Waals surface area (Å²) in [7, 11) is 0.127. The molecule has 0 saturated carbocycles. The molecule has 11 heteroatoms. The number of nitrogens with zero attached hydrogens (tertiary/aromatic N) is 4. The minimum atomic E-state index is -3.14. The van der Waals surface area contributed by atoms with Crippen LogP contribution in [-0.4, -0.2) is 65.3 Å². The maximum Gasteiger partial charge on any atom is 0.347 e. The Balaban J connectivity index is 1.64. The lowest BCUT2D eigenvalue weighted by Crippen LogP contribution is -2.21. The predicted molar refractivity (Wildman–Crippen MR) is 122 cm³/mol. The minimum absolute atomic E-state index is 0.0179. The van der Waals surface area contributed by atoms with Gasteiger partial charge in [-0.3, -0.25) is 24.0 Å². The fourth-order valence-corrected chi connectivity index (χ4v) is 5.63. The molecule has 0 bridgehead atoms. The van der Waals surface area contributed by atoms with Crippen molar-refractivity contribution in [3.05, 3.63) is 76.4 Å². The van der Waals surface area contributed by atoms with Crippen LogP contribution in [0.3, 0.4) is 0 Å². The molecule has 1 amide bonds. The number of carbonyl (C=O) groups excluding carboxylic acids is 1. The van der Waals surface area contributed by atoms with Crippen molar-refractivity contribution in [2.24, 2.45) is 0 Å². The zero-order chi connectivity index (χ0) is 23.8. The Bertz CT molecular complexity index is 1130. The summed E-state index contributed by atoms with van der Waals surface area (Å²) < 4.78 is 28.8. The number of ether oxygens (including phenoxy) is 1. The van der Waals surface area contributed by atoms with E-state index in [9.17, 15) is 19.5 Å². The highest BCUT2D eigenvalue weighted by Gasteiger charge is 2.50. The first-order chi connectivity index (χ1) is 15.7. The van der Waals surface area contributed by atoms with Gasteiger partial charge in [-0.25, -0.2) is 9.34 Å². The number of rotatable bonds is 10. The third kappa shape index (κ3) is 4.99. The summed E-state index contributed by atoms with van der Waals surface area (Å²) in [6.45, 7) is 6.61. The van der Waals surface area contributed by atoms with Crippen molar-refractivity contribution in [1.29, 1.82) is 0 Å². The number of carbonyl (C=O) groups is 1. The lowest BCUT2D eigenvalue weighted by atomic mass is 10.1. The first-order valence-corrected chi connectivity index (χ1v) is 12.0. The van der Waals surface area contributed by atoms with E-state index in [4.69, 9.17) is 9.26 Å². The fraction of sp³-hybridized carbons (Fsp3) is 0.318. The van der Waals surface area contributed by atoms with E-state index in [-0.39, 0.29) is 23.1 Å². The molecule has 0 unspecified atom stereocenters. The van der Waals surface area contributed by atoms with Gasteiger partial charge >= 0.3 is 13.4 Å². The molecule has 0 spiro atoms. The Morgan fingerprint density at radius 1 is 1.18 bits per heavy atom. The van der Waals surface area contributed by atoms with E-state index in [1.807, 2.05) is 0 Å². The molecule has 2 aliphatic heterocycles. The van der Waals surface area contributed by atoms with Crippen LogP contribution >= 0.6 is 7.67 Å². The second-order valence-electron chi connectivity index (χ2n) is 7.97. The molecule has 0 N–H and O–H groups in total. The number of hydrogen-bond acceptors (Lipinski definition) is 6. The van der Waals surface area contributed by atoms with Gasteiger partial charge in [-0.1, -0.05) is 12.1 Å². The average Bonchev–Trinajstić information content (AvgIpc) is 3.69. The minimum Gasteiger partial charge on any atom is -0.450 e. The molecule has 0 aromatic heterocycles. The molecule has 1 atom stereocenters. The molecular formula is C22H25N4O6P. The Labute approximate surface area is 191 Å². The van der Waals surface area contributed by atoms with Crippen molar-refractivity contribution in [2.45, 2.75) is 6.10 Å². The van der Waals surface area contributed by atoms with Gasteiger partial charge in [0.25, 0.3) is 5.91 Å². The van der Waals surface area contributed by atoms with Crippen LogP contribution in [0.2, 0.25) is 0 Å². The maximum atomic E-state index is 13.4. The van der Waals surface area contributed by atoms with Gasteiger partial charge in [-0.2, -0.15) is 0 Å². The predicted octanol–water partition coefficient (Wildman–Crippen LogP) is 4.07. The van der Waals surface area contributed by atoms with Crippen LogP contribution in [0.1, 0.15) is 22.0 Å². The van der Waals surface area contributed by atoms with Crippen LogP contribution < -0.4 is 4.74 Å². The van der Waals surface area contributed by atoms with Gasteiger partial charge in [0.1, 0.15) is 11.9 Å². The molecule has 0 aliphatic carbocycles. The molecule has 10 nitrogen and oxygen atoms in total. The molecule has 2 aromatic carbocycles. The van der Waals surface area contributed by atoms with Gasteiger partial charge in [0, 0.05) is 51.9 Å². The van der Waals surface area contributed by atoms with Gasteiger partial charge in [0.2, 0.25) is 5.75 Å². The van der Waals surface area contributed by atoms with Gasteiger partial charge in [-0.05, 0) is 35.9 Å². The van der Waals surface area contributed by atoms with Crippen LogP contribution in [0.25, 0.3) is 0 Å². The summed E-state index contributed by atoms with van der Waals surface area (Å²) in [4.78, 5) is 24.7. The van der Waals surface area contributed by atoms with Crippen molar-refractivity contribution in [3.63, 3.8) is 0 Å². The van der Waals surface area contributed by atoms with Crippen LogP contribution in [0.4, 0.5) is 5.69 Å². The molecular weight excluding hydrogens is 447 g/mol. The highest BCUT2D eigenvalue weighted by molar-refractivity contribution is 7.54. The molecule has 0 radical (unpaired) electrons. The lowest BCUT2D eigenvalue weighted by molar-refractivity contribution is -0.385. The van der Waals surface area contributed by atoms with E-state index in [0.29, 0.717) is 37.3 Å². The van der Waals surface area contributed by atoms with E-state index >= 15 is 0 Å². The Hall–Kier alpha value is -3.04. The molecule has 33 heavy (non-hydrogen) atoms. The first-order valence-electron chi connectivity index (χ1n) is 10.4. The Morgan fingerprint density at radius 3 is 2.39 bits per heavy atom. The van der Waals surface area contributed by atoms with Gasteiger partial charge in [0.15, 0.2) is 0 Å². The van der Waals surface area contributed by atoms with Gasteiger partial charge in [0.05, 0.1) is 4.92 Å². The largest absolute Gasteiger partial charge is 0.450 e. The van der Waals surface area contributed by atoms with E-state index in [1.54, 1.807) is 41.6 Å². The van der Waals surface area contributed by atoms with E-state index in [0.717, 1.165) is 0 Å². The highest BCUT2D eigenvalue weighted by atomic mass is 31.2. The molecule has 2 aliphatic rings. The highest BCUT2D eigenvalue weighted by Crippen LogP contribution is 2.63. The standard InChI is InChI=1S/C22H25N4O6P/c1-4-20(32-33(30,24-10-11-24)25-12-13-25)16-8-9-19(26(28)29)21(15-16)31-18-7-5-6-17(14-18)22(27)23(2)3/h4-9,14-15,20H,1,10-13H2,2-3H3/t20-/m1/s1. The number of benzene rings is 2. The van der Waals surface area contributed by atoms with Crippen molar-refractivity contribution >= 4 is 19.3 Å². The maximum absolute atomic E-state index is 13.4. The topological polar surface area (TPSA) is 105 Å². The first kappa shape index (κ1) is 23.1. The number of hydrogen-bond donors (Lipinski definition) is 0. The lowest BCUT2D eigenvalue weighted by Gasteiger charge is -2.24. The molecule has 2 fully saturated rings. The van der Waals surface area contributed by atoms with E-state index < -0.39 is 18.7 Å². The second-order valence-corrected chi connectivity index (χ2v) is 10.3. The van der Waals surface area contributed by atoms with Crippen LogP contribution in [0, 0.1) is 10.1 Å². The van der Waals surface area contributed by atoms with Crippen molar-refractivity contribution in [2.75, 3.05) is 40.3 Å². The Kier molecular flexibility index (Phi) is 6.36. The quantitative estimate of drug-likeness (QED) is 0.168. The molecule has 2 aromatic rings. The number of nitro groups is 1. The van der Waals surface area contributed by atoms with Gasteiger partial charge in [-0.15, -0.1) is 6.58 Å². The van der Waals surface area contributed by atoms with Crippen LogP contribution in [-0.2, 0) is 9.09 Å². The number of amides is 1. The van der Waals surface area contributed by atoms with Crippen molar-refractivity contribution in [1.82, 2.24) is 14.2 Å². The summed E-state index contributed by atoms with van der Waals surface area (Å²) in [5.74, 6) is 0.0401. The fourth-order valence-electron chi connectivity index (χ4n) is 3.31. The third-order valence-corrected chi connectivity index (χ3v) is 7.98. The normalized spacial score (nSPS) is 16.7. The zero-order valence-corrected chi connectivity index (χ0v) is 19.3. The molecule has 2 heterocycles. The number of nitro benzene ring substituents is 1. The Morgan fingerprint density at radius 2 is 1.85 bits per heavy atom. The van der Waals surface area contributed by atoms with E-state index in [2.05, 4.69) is 6.58 Å².